The summed E-state index contributed by atoms with van der Waals surface area (Å²) < 4.78 is 13.4. The summed E-state index contributed by atoms with van der Waals surface area (Å²) in [6.07, 6.45) is 0.821. The summed E-state index contributed by atoms with van der Waals surface area (Å²) in [7, 11) is 0. The second-order valence-electron chi connectivity index (χ2n) is 4.71. The molecule has 1 aliphatic heterocycles. The van der Waals surface area contributed by atoms with Crippen LogP contribution < -0.4 is 10.6 Å². The zero-order valence-corrected chi connectivity index (χ0v) is 13.2. The number of hydrogen-bond donors (Lipinski definition) is 2. The monoisotopic (exact) mass is 340 g/mol. The van der Waals surface area contributed by atoms with Crippen molar-refractivity contribution in [3.05, 3.63) is 33.6 Å². The van der Waals surface area contributed by atoms with Crippen LogP contribution in [0, 0.1) is 11.7 Å². The zero-order chi connectivity index (χ0) is 14.0. The van der Waals surface area contributed by atoms with E-state index in [1.54, 1.807) is 6.92 Å². The molecule has 2 atom stereocenters. The van der Waals surface area contributed by atoms with Crippen molar-refractivity contribution in [3.8, 4) is 0 Å². The first-order chi connectivity index (χ1) is 8.99. The van der Waals surface area contributed by atoms with E-state index >= 15 is 0 Å². The number of nitrogens with one attached hydrogen (secondary N) is 2. The molecule has 1 saturated heterocycles. The molecule has 0 bridgehead atoms. The van der Waals surface area contributed by atoms with Crippen molar-refractivity contribution in [3.63, 3.8) is 0 Å². The Labute approximate surface area is 133 Å². The van der Waals surface area contributed by atoms with E-state index in [2.05, 4.69) is 10.6 Å². The first kappa shape index (κ1) is 17.5. The van der Waals surface area contributed by atoms with Gasteiger partial charge in [-0.1, -0.05) is 23.2 Å². The summed E-state index contributed by atoms with van der Waals surface area (Å²) >= 11 is 11.7. The van der Waals surface area contributed by atoms with Gasteiger partial charge in [0.2, 0.25) is 5.91 Å². The van der Waals surface area contributed by atoms with Crippen molar-refractivity contribution in [2.24, 2.45) is 5.92 Å². The van der Waals surface area contributed by atoms with E-state index in [0.29, 0.717) is 17.1 Å². The van der Waals surface area contributed by atoms with Crippen LogP contribution in [-0.2, 0) is 4.79 Å². The van der Waals surface area contributed by atoms with Gasteiger partial charge in [-0.05, 0) is 37.6 Å². The molecule has 0 aliphatic carbocycles. The summed E-state index contributed by atoms with van der Waals surface area (Å²) in [5, 5.41) is 6.31. The minimum Gasteiger partial charge on any atom is -0.349 e. The quantitative estimate of drug-likeness (QED) is 0.828. The molecule has 1 fully saturated rings. The van der Waals surface area contributed by atoms with Crippen molar-refractivity contribution >= 4 is 41.5 Å². The van der Waals surface area contributed by atoms with Crippen LogP contribution >= 0.6 is 35.6 Å². The molecular formula is C13H16Cl3FN2O. The number of amides is 1. The number of carbonyl (C=O) groups is 1. The van der Waals surface area contributed by atoms with Crippen molar-refractivity contribution < 1.29 is 9.18 Å². The molecule has 3 nitrogen and oxygen atoms in total. The molecule has 20 heavy (non-hydrogen) atoms. The standard InChI is InChI=1S/C13H15Cl2FN2O.ClH/c1-7(18-13(19)8-2-3-17-6-8)9-4-12(16)11(15)5-10(9)14;/h4-5,7-8,17H,2-3,6H2,1H3,(H,18,19);1H. The van der Waals surface area contributed by atoms with E-state index in [9.17, 15) is 9.18 Å². The van der Waals surface area contributed by atoms with Crippen LogP contribution in [-0.4, -0.2) is 19.0 Å². The van der Waals surface area contributed by atoms with Gasteiger partial charge in [0.15, 0.2) is 0 Å². The van der Waals surface area contributed by atoms with Crippen molar-refractivity contribution in [2.45, 2.75) is 19.4 Å². The molecule has 1 aromatic rings. The fourth-order valence-corrected chi connectivity index (χ4v) is 2.70. The molecule has 0 aromatic heterocycles. The van der Waals surface area contributed by atoms with Crippen LogP contribution in [0.25, 0.3) is 0 Å². The van der Waals surface area contributed by atoms with E-state index in [4.69, 9.17) is 23.2 Å². The number of carbonyl (C=O) groups excluding carboxylic acids is 1. The Morgan fingerprint density at radius 1 is 1.45 bits per heavy atom. The largest absolute Gasteiger partial charge is 0.349 e. The van der Waals surface area contributed by atoms with E-state index in [-0.39, 0.29) is 35.3 Å². The average Bonchev–Trinajstić information content (AvgIpc) is 2.87. The van der Waals surface area contributed by atoms with Crippen LogP contribution in [0.2, 0.25) is 10.0 Å². The summed E-state index contributed by atoms with van der Waals surface area (Å²) in [5.74, 6) is -0.605. The molecular weight excluding hydrogens is 326 g/mol. The third-order valence-corrected chi connectivity index (χ3v) is 3.91. The lowest BCUT2D eigenvalue weighted by atomic mass is 10.0. The Hall–Kier alpha value is -0.550. The summed E-state index contributed by atoms with van der Waals surface area (Å²) in [5.41, 5.74) is 0.530. The van der Waals surface area contributed by atoms with Crippen molar-refractivity contribution in [1.29, 1.82) is 0 Å². The van der Waals surface area contributed by atoms with Crippen LogP contribution in [0.5, 0.6) is 0 Å². The van der Waals surface area contributed by atoms with Crippen LogP contribution in [0.3, 0.4) is 0 Å². The Balaban J connectivity index is 0.00000200. The van der Waals surface area contributed by atoms with E-state index < -0.39 is 5.82 Å². The molecule has 0 spiro atoms. The van der Waals surface area contributed by atoms with Crippen molar-refractivity contribution in [1.82, 2.24) is 10.6 Å². The Morgan fingerprint density at radius 2 is 2.15 bits per heavy atom. The highest BCUT2D eigenvalue weighted by atomic mass is 35.5. The lowest BCUT2D eigenvalue weighted by Crippen LogP contribution is -2.34. The molecule has 2 rings (SSSR count). The van der Waals surface area contributed by atoms with Crippen molar-refractivity contribution in [2.75, 3.05) is 13.1 Å². The summed E-state index contributed by atoms with van der Waals surface area (Å²) in [6, 6.07) is 2.27. The molecule has 1 heterocycles. The molecule has 2 N–H and O–H groups in total. The van der Waals surface area contributed by atoms with E-state index in [1.807, 2.05) is 0 Å². The fraction of sp³-hybridized carbons (Fsp3) is 0.462. The molecule has 1 aromatic carbocycles. The minimum atomic E-state index is -0.537. The normalized spacial score (nSPS) is 19.3. The molecule has 0 saturated carbocycles. The average molecular weight is 342 g/mol. The van der Waals surface area contributed by atoms with Gasteiger partial charge in [-0.15, -0.1) is 12.4 Å². The first-order valence-corrected chi connectivity index (χ1v) is 6.90. The molecule has 1 amide bonds. The Morgan fingerprint density at radius 3 is 2.75 bits per heavy atom. The van der Waals surface area contributed by atoms with Gasteiger partial charge in [0, 0.05) is 11.6 Å². The maximum atomic E-state index is 13.4. The number of halogens is 4. The SMILES string of the molecule is CC(NC(=O)C1CCNC1)c1cc(F)c(Cl)cc1Cl.Cl. The summed E-state index contributed by atoms with van der Waals surface area (Å²) in [6.45, 7) is 3.30. The Bertz CT molecular complexity index is 493. The van der Waals surface area contributed by atoms with Gasteiger partial charge in [0.05, 0.1) is 17.0 Å². The predicted octanol–water partition coefficient (Wildman–Crippen LogP) is 3.34. The topological polar surface area (TPSA) is 41.1 Å². The maximum Gasteiger partial charge on any atom is 0.224 e. The smallest absolute Gasteiger partial charge is 0.224 e. The molecule has 1 aliphatic rings. The highest BCUT2D eigenvalue weighted by Gasteiger charge is 2.24. The third kappa shape index (κ3) is 3.98. The van der Waals surface area contributed by atoms with Gasteiger partial charge < -0.3 is 10.6 Å². The summed E-state index contributed by atoms with van der Waals surface area (Å²) in [4.78, 5) is 12.0. The van der Waals surface area contributed by atoms with E-state index in [1.165, 1.54) is 12.1 Å². The van der Waals surface area contributed by atoms with Gasteiger partial charge in [0.25, 0.3) is 0 Å². The highest BCUT2D eigenvalue weighted by molar-refractivity contribution is 6.35. The zero-order valence-electron chi connectivity index (χ0n) is 10.9. The highest BCUT2D eigenvalue weighted by Crippen LogP contribution is 2.28. The van der Waals surface area contributed by atoms with Crippen LogP contribution in [0.4, 0.5) is 4.39 Å². The number of benzene rings is 1. The predicted molar refractivity (Wildman–Crippen MR) is 81.2 cm³/mol. The van der Waals surface area contributed by atoms with Gasteiger partial charge in [-0.3, -0.25) is 4.79 Å². The second kappa shape index (κ2) is 7.46. The second-order valence-corrected chi connectivity index (χ2v) is 5.52. The molecule has 2 unspecified atom stereocenters. The molecule has 112 valence electrons. The van der Waals surface area contributed by atoms with Gasteiger partial charge >= 0.3 is 0 Å². The van der Waals surface area contributed by atoms with Gasteiger partial charge in [0.1, 0.15) is 5.82 Å². The van der Waals surface area contributed by atoms with Crippen LogP contribution in [0.1, 0.15) is 24.9 Å². The molecule has 7 heteroatoms. The third-order valence-electron chi connectivity index (χ3n) is 3.30. The fourth-order valence-electron chi connectivity index (χ4n) is 2.16. The number of rotatable bonds is 3. The lowest BCUT2D eigenvalue weighted by Gasteiger charge is -2.18. The molecule has 0 radical (unpaired) electrons. The lowest BCUT2D eigenvalue weighted by molar-refractivity contribution is -0.125. The van der Waals surface area contributed by atoms with Gasteiger partial charge in [-0.25, -0.2) is 4.39 Å². The first-order valence-electron chi connectivity index (χ1n) is 6.14. The van der Waals surface area contributed by atoms with E-state index in [0.717, 1.165) is 13.0 Å². The van der Waals surface area contributed by atoms with Crippen LogP contribution in [0.15, 0.2) is 12.1 Å². The Kier molecular flexibility index (Phi) is 6.52. The minimum absolute atomic E-state index is 0. The maximum absolute atomic E-state index is 13.4. The number of hydrogen-bond acceptors (Lipinski definition) is 2. The van der Waals surface area contributed by atoms with Gasteiger partial charge in [-0.2, -0.15) is 0 Å².